The van der Waals surface area contributed by atoms with Crippen molar-refractivity contribution in [2.24, 2.45) is 0 Å². The second kappa shape index (κ2) is 11.2. The van der Waals surface area contributed by atoms with Gasteiger partial charge < -0.3 is 24.5 Å². The monoisotopic (exact) mass is 520 g/mol. The van der Waals surface area contributed by atoms with Crippen LogP contribution in [0.25, 0.3) is 10.8 Å². The number of hydrogen-bond donors (Lipinski definition) is 3. The van der Waals surface area contributed by atoms with Gasteiger partial charge >= 0.3 is 0 Å². The molecule has 1 unspecified atom stereocenters. The van der Waals surface area contributed by atoms with E-state index in [-0.39, 0.29) is 24.1 Å². The van der Waals surface area contributed by atoms with Crippen molar-refractivity contribution in [3.05, 3.63) is 59.3 Å². The molecule has 3 heterocycles. The van der Waals surface area contributed by atoms with E-state index >= 15 is 0 Å². The molecular formula is C28H32N4O6. The van der Waals surface area contributed by atoms with E-state index in [1.54, 1.807) is 24.4 Å². The van der Waals surface area contributed by atoms with Gasteiger partial charge in [-0.2, -0.15) is 0 Å². The van der Waals surface area contributed by atoms with Gasteiger partial charge in [-0.15, -0.1) is 0 Å². The fourth-order valence-electron chi connectivity index (χ4n) is 4.86. The lowest BCUT2D eigenvalue weighted by atomic mass is 10.1. The maximum Gasteiger partial charge on any atom is 0.251 e. The number of fused-ring (bicyclic) bond motifs is 1. The molecule has 0 spiro atoms. The Bertz CT molecular complexity index is 1360. The summed E-state index contributed by atoms with van der Waals surface area (Å²) in [6, 6.07) is 10.2. The van der Waals surface area contributed by atoms with Crippen LogP contribution in [-0.2, 0) is 20.9 Å². The van der Waals surface area contributed by atoms with E-state index in [2.05, 4.69) is 15.5 Å². The molecule has 1 atom stereocenters. The summed E-state index contributed by atoms with van der Waals surface area (Å²) in [4.78, 5) is 38.9. The Hall–Kier alpha value is -3.89. The predicted molar refractivity (Wildman–Crippen MR) is 140 cm³/mol. The van der Waals surface area contributed by atoms with E-state index in [1.807, 2.05) is 25.1 Å². The number of carbonyl (C=O) groups is 3. The lowest BCUT2D eigenvalue weighted by molar-refractivity contribution is -0.135. The highest BCUT2D eigenvalue weighted by Gasteiger charge is 2.30. The van der Waals surface area contributed by atoms with Gasteiger partial charge in [-0.05, 0) is 48.7 Å². The molecule has 2 fully saturated rings. The molecule has 0 radical (unpaired) electrons. The normalized spacial score (nSPS) is 18.4. The van der Waals surface area contributed by atoms with Crippen LogP contribution < -0.4 is 15.4 Å². The Balaban J connectivity index is 1.21. The number of rotatable bonds is 8. The number of nitrogens with one attached hydrogen (secondary N) is 2. The largest absolute Gasteiger partial charge is 0.494 e. The van der Waals surface area contributed by atoms with Crippen molar-refractivity contribution in [1.29, 1.82) is 0 Å². The summed E-state index contributed by atoms with van der Waals surface area (Å²) in [7, 11) is 0. The molecule has 2 saturated heterocycles. The van der Waals surface area contributed by atoms with Gasteiger partial charge in [0.2, 0.25) is 11.8 Å². The van der Waals surface area contributed by atoms with Gasteiger partial charge in [0.25, 0.3) is 5.91 Å². The minimum atomic E-state index is -0.643. The number of carbonyl (C=O) groups excluding carboxylic acids is 3. The molecule has 2 aromatic carbocycles. The number of piperidine rings is 1. The zero-order chi connectivity index (χ0) is 26.6. The van der Waals surface area contributed by atoms with Crippen LogP contribution in [0.1, 0.15) is 40.4 Å². The smallest absolute Gasteiger partial charge is 0.251 e. The standard InChI is InChI=1S/C28H32N4O6/c1-18-2-4-20(15-24(18)38-13-10-31-8-11-37-12-9-31)26(34)29-16-19-3-5-22-21(14-19)17-32(28(22)36)23-6-7-25(33)30-27(23)35/h2-5,14-15,17,23,36H,6-13,16H2,1H3,(H,29,34)(H,30,33,35). The molecule has 2 aliphatic heterocycles. The Labute approximate surface area is 220 Å². The fourth-order valence-corrected chi connectivity index (χ4v) is 4.86. The third-order valence-electron chi connectivity index (χ3n) is 7.10. The lowest BCUT2D eigenvalue weighted by Gasteiger charge is -2.26. The summed E-state index contributed by atoms with van der Waals surface area (Å²) < 4.78 is 12.9. The summed E-state index contributed by atoms with van der Waals surface area (Å²) in [6.45, 7) is 6.88. The third kappa shape index (κ3) is 5.66. The first-order valence-corrected chi connectivity index (χ1v) is 12.9. The summed E-state index contributed by atoms with van der Waals surface area (Å²) in [5, 5.41) is 17.3. The van der Waals surface area contributed by atoms with Gasteiger partial charge in [-0.3, -0.25) is 24.6 Å². The number of aromatic hydroxyl groups is 1. The van der Waals surface area contributed by atoms with Crippen molar-refractivity contribution < 1.29 is 29.0 Å². The molecule has 2 aliphatic rings. The first-order valence-electron chi connectivity index (χ1n) is 12.9. The van der Waals surface area contributed by atoms with Crippen LogP contribution in [0.5, 0.6) is 11.6 Å². The first kappa shape index (κ1) is 25.7. The van der Waals surface area contributed by atoms with Gasteiger partial charge in [0.1, 0.15) is 18.4 Å². The van der Waals surface area contributed by atoms with E-state index in [0.717, 1.165) is 49.4 Å². The lowest BCUT2D eigenvalue weighted by Crippen LogP contribution is -2.41. The number of morpholine rings is 1. The zero-order valence-corrected chi connectivity index (χ0v) is 21.4. The van der Waals surface area contributed by atoms with Gasteiger partial charge in [0.15, 0.2) is 5.88 Å². The molecule has 10 nitrogen and oxygen atoms in total. The fraction of sp³-hybridized carbons (Fsp3) is 0.393. The van der Waals surface area contributed by atoms with Crippen LogP contribution in [0, 0.1) is 6.92 Å². The molecule has 3 N–H and O–H groups in total. The quantitative estimate of drug-likeness (QED) is 0.390. The van der Waals surface area contributed by atoms with Crippen LogP contribution in [0.15, 0.2) is 42.6 Å². The molecule has 10 heteroatoms. The number of aryl methyl sites for hydroxylation is 1. The second-order valence-electron chi connectivity index (χ2n) is 9.71. The Morgan fingerprint density at radius 2 is 2.00 bits per heavy atom. The van der Waals surface area contributed by atoms with Gasteiger partial charge in [-0.1, -0.05) is 12.1 Å². The maximum atomic E-state index is 12.9. The minimum absolute atomic E-state index is 0.0223. The van der Waals surface area contributed by atoms with Crippen molar-refractivity contribution in [1.82, 2.24) is 20.1 Å². The molecule has 3 amide bonds. The summed E-state index contributed by atoms with van der Waals surface area (Å²) in [5.74, 6) is -0.275. The highest BCUT2D eigenvalue weighted by molar-refractivity contribution is 6.00. The summed E-state index contributed by atoms with van der Waals surface area (Å²) in [6.07, 6.45) is 2.26. The van der Waals surface area contributed by atoms with E-state index in [9.17, 15) is 19.5 Å². The van der Waals surface area contributed by atoms with Crippen molar-refractivity contribution in [2.75, 3.05) is 39.5 Å². The highest BCUT2D eigenvalue weighted by Crippen LogP contribution is 2.33. The number of benzene rings is 2. The number of ether oxygens (including phenoxy) is 2. The van der Waals surface area contributed by atoms with E-state index in [4.69, 9.17) is 9.47 Å². The van der Waals surface area contributed by atoms with E-state index in [0.29, 0.717) is 36.3 Å². The maximum absolute atomic E-state index is 12.9. The van der Waals surface area contributed by atoms with Crippen LogP contribution in [0.2, 0.25) is 0 Å². The van der Waals surface area contributed by atoms with Crippen molar-refractivity contribution >= 4 is 28.5 Å². The van der Waals surface area contributed by atoms with Crippen molar-refractivity contribution in [3.8, 4) is 11.6 Å². The number of nitrogens with zero attached hydrogens (tertiary/aromatic N) is 2. The number of aromatic nitrogens is 1. The van der Waals surface area contributed by atoms with Crippen molar-refractivity contribution in [2.45, 2.75) is 32.4 Å². The van der Waals surface area contributed by atoms with Gasteiger partial charge in [0.05, 0.1) is 13.2 Å². The van der Waals surface area contributed by atoms with Crippen LogP contribution in [0.3, 0.4) is 0 Å². The average Bonchev–Trinajstić information content (AvgIpc) is 3.24. The van der Waals surface area contributed by atoms with E-state index < -0.39 is 11.9 Å². The minimum Gasteiger partial charge on any atom is -0.494 e. The summed E-state index contributed by atoms with van der Waals surface area (Å²) >= 11 is 0. The van der Waals surface area contributed by atoms with Crippen LogP contribution in [0.4, 0.5) is 0 Å². The Morgan fingerprint density at radius 1 is 1.18 bits per heavy atom. The molecule has 3 aromatic rings. The Morgan fingerprint density at radius 3 is 2.79 bits per heavy atom. The number of imide groups is 1. The van der Waals surface area contributed by atoms with Crippen LogP contribution >= 0.6 is 0 Å². The Kier molecular flexibility index (Phi) is 7.62. The second-order valence-corrected chi connectivity index (χ2v) is 9.71. The average molecular weight is 521 g/mol. The molecule has 38 heavy (non-hydrogen) atoms. The molecular weight excluding hydrogens is 488 g/mol. The zero-order valence-electron chi connectivity index (χ0n) is 21.4. The molecule has 0 aliphatic carbocycles. The van der Waals surface area contributed by atoms with Crippen molar-refractivity contribution in [3.63, 3.8) is 0 Å². The molecule has 5 rings (SSSR count). The van der Waals surface area contributed by atoms with Crippen LogP contribution in [-0.4, -0.2) is 71.7 Å². The molecule has 0 bridgehead atoms. The highest BCUT2D eigenvalue weighted by atomic mass is 16.5. The number of amides is 3. The third-order valence-corrected chi connectivity index (χ3v) is 7.10. The SMILES string of the molecule is Cc1ccc(C(=O)NCc2ccc3c(O)n(C4CCC(=O)NC4=O)cc3c2)cc1OCCN1CCOCC1. The topological polar surface area (TPSA) is 122 Å². The van der Waals surface area contributed by atoms with E-state index in [1.165, 1.54) is 4.57 Å². The first-order chi connectivity index (χ1) is 18.4. The number of hydrogen-bond acceptors (Lipinski definition) is 7. The molecule has 0 saturated carbocycles. The predicted octanol–water partition coefficient (Wildman–Crippen LogP) is 2.27. The van der Waals surface area contributed by atoms with Gasteiger partial charge in [-0.25, -0.2) is 0 Å². The molecule has 1 aromatic heterocycles. The van der Waals surface area contributed by atoms with Gasteiger partial charge in [0, 0.05) is 55.1 Å². The molecule has 200 valence electrons. The summed E-state index contributed by atoms with van der Waals surface area (Å²) in [5.41, 5.74) is 2.33.